The van der Waals surface area contributed by atoms with E-state index in [2.05, 4.69) is 62.5 Å². The summed E-state index contributed by atoms with van der Waals surface area (Å²) in [6.07, 6.45) is 86.9. The first kappa shape index (κ1) is 84.2. The van der Waals surface area contributed by atoms with Gasteiger partial charge in [0.15, 0.2) is 6.10 Å². The summed E-state index contributed by atoms with van der Waals surface area (Å²) in [7, 11) is 5.99. The molecular weight excluding hydrogens is 1080 g/mol. The fourth-order valence-corrected chi connectivity index (χ4v) is 11.4. The second-order valence-electron chi connectivity index (χ2n) is 26.9. The van der Waals surface area contributed by atoms with Gasteiger partial charge < -0.3 is 28.5 Å². The maximum atomic E-state index is 13.0. The molecule has 510 valence electrons. The van der Waals surface area contributed by atoms with Crippen LogP contribution in [0.5, 0.6) is 0 Å². The zero-order chi connectivity index (χ0) is 63.3. The van der Waals surface area contributed by atoms with E-state index in [1.54, 1.807) is 0 Å². The molecule has 0 fully saturated rings. The van der Waals surface area contributed by atoms with Gasteiger partial charge in [-0.05, 0) is 51.4 Å². The quantitative estimate of drug-likeness (QED) is 0.0211. The molecule has 0 aromatic rings. The second kappa shape index (κ2) is 69.1. The van der Waals surface area contributed by atoms with E-state index >= 15 is 0 Å². The van der Waals surface area contributed by atoms with Gasteiger partial charge in [-0.25, -0.2) is 4.79 Å². The number of hydrogen-bond acceptors (Lipinski definition) is 7. The summed E-state index contributed by atoms with van der Waals surface area (Å²) in [5, 5.41) is 9.76. The predicted molar refractivity (Wildman–Crippen MR) is 374 cm³/mol. The number of carboxylic acid groups (broad SMARTS) is 1. The molecule has 2 unspecified atom stereocenters. The third kappa shape index (κ3) is 70.6. The van der Waals surface area contributed by atoms with Crippen molar-refractivity contribution in [1.29, 1.82) is 0 Å². The van der Waals surface area contributed by atoms with E-state index in [-0.39, 0.29) is 38.2 Å². The molecule has 0 amide bonds. The van der Waals surface area contributed by atoms with Crippen molar-refractivity contribution >= 4 is 17.9 Å². The maximum absolute atomic E-state index is 13.0. The number of carbonyl (C=O) groups excluding carboxylic acids is 2. The van der Waals surface area contributed by atoms with Crippen molar-refractivity contribution in [2.45, 2.75) is 386 Å². The summed E-state index contributed by atoms with van der Waals surface area (Å²) >= 11 is 0. The number of likely N-dealkylation sites (N-methyl/N-ethyl adjacent to an activating group) is 1. The molecule has 9 nitrogen and oxygen atoms in total. The van der Waals surface area contributed by atoms with Crippen LogP contribution in [0.25, 0.3) is 0 Å². The van der Waals surface area contributed by atoms with Gasteiger partial charge in [0.2, 0.25) is 0 Å². The third-order valence-corrected chi connectivity index (χ3v) is 17.1. The van der Waals surface area contributed by atoms with E-state index in [0.717, 1.165) is 64.2 Å². The highest BCUT2D eigenvalue weighted by Crippen LogP contribution is 2.19. The van der Waals surface area contributed by atoms with Gasteiger partial charge in [-0.1, -0.05) is 358 Å². The first-order valence-corrected chi connectivity index (χ1v) is 37.8. The van der Waals surface area contributed by atoms with Crippen LogP contribution < -0.4 is 0 Å². The van der Waals surface area contributed by atoms with Gasteiger partial charge in [0.25, 0.3) is 6.29 Å². The molecule has 0 rings (SSSR count). The zero-order valence-corrected chi connectivity index (χ0v) is 58.5. The lowest BCUT2D eigenvalue weighted by Gasteiger charge is -2.25. The van der Waals surface area contributed by atoms with Crippen molar-refractivity contribution in [2.24, 2.45) is 0 Å². The molecule has 0 heterocycles. The minimum atomic E-state index is -1.51. The number of unbranched alkanes of at least 4 members (excludes halogenated alkanes) is 48. The van der Waals surface area contributed by atoms with Gasteiger partial charge >= 0.3 is 17.9 Å². The van der Waals surface area contributed by atoms with Crippen LogP contribution in [-0.2, 0) is 33.3 Å². The molecule has 0 radical (unpaired) electrons. The number of aliphatic carboxylic acids is 1. The summed E-state index contributed by atoms with van der Waals surface area (Å²) in [4.78, 5) is 37.7. The average Bonchev–Trinajstić information content (AvgIpc) is 3.55. The zero-order valence-electron chi connectivity index (χ0n) is 58.5. The molecule has 0 spiro atoms. The Morgan fingerprint density at radius 2 is 0.655 bits per heavy atom. The summed E-state index contributed by atoms with van der Waals surface area (Å²) in [6, 6.07) is 0. The number of rotatable bonds is 71. The highest BCUT2D eigenvalue weighted by atomic mass is 16.7. The molecular formula is C78H146NO8+. The molecule has 9 heteroatoms. The van der Waals surface area contributed by atoms with E-state index in [4.69, 9.17) is 18.9 Å². The number of carbonyl (C=O) groups is 3. The van der Waals surface area contributed by atoms with Crippen molar-refractivity contribution in [3.05, 3.63) is 48.6 Å². The summed E-state index contributed by atoms with van der Waals surface area (Å²) in [5.74, 6) is -1.97. The largest absolute Gasteiger partial charge is 0.477 e. The fraction of sp³-hybridized carbons (Fsp3) is 0.859. The van der Waals surface area contributed by atoms with Gasteiger partial charge in [-0.3, -0.25) is 9.59 Å². The standard InChI is InChI=1S/C78H145NO8/c1-6-8-10-12-14-16-18-20-22-24-26-28-30-31-32-33-34-35-36-37-38-39-40-41-42-43-44-45-47-49-51-53-55-57-59-61-63-65-67-69-76(81)87-74(73-86-78(77(82)83)84-71-70-79(3,4)5)72-85-75(80)68-66-64-62-60-58-56-54-52-50-48-46-29-27-25-23-21-19-17-15-13-11-9-7-2/h8,10,14,16,20,22,26,28,74,78H,6-7,9,11-13,15,17-19,21,23-25,27,29-73H2,1-5H3/p+1/b10-8-,16-14-,22-20-,28-26-. The van der Waals surface area contributed by atoms with Gasteiger partial charge in [0.05, 0.1) is 34.4 Å². The number of quaternary nitrogens is 1. The van der Waals surface area contributed by atoms with E-state index in [1.165, 1.54) is 283 Å². The Kier molecular flexibility index (Phi) is 67.0. The van der Waals surface area contributed by atoms with Gasteiger partial charge in [-0.2, -0.15) is 0 Å². The number of nitrogens with zero attached hydrogens (tertiary/aromatic N) is 1. The van der Waals surface area contributed by atoms with Crippen LogP contribution in [0.2, 0.25) is 0 Å². The van der Waals surface area contributed by atoms with Crippen LogP contribution in [0.3, 0.4) is 0 Å². The van der Waals surface area contributed by atoms with Crippen molar-refractivity contribution in [3.63, 3.8) is 0 Å². The van der Waals surface area contributed by atoms with Crippen molar-refractivity contribution in [2.75, 3.05) is 47.5 Å². The molecule has 0 saturated heterocycles. The Morgan fingerprint density at radius 3 is 0.977 bits per heavy atom. The minimum Gasteiger partial charge on any atom is -0.477 e. The molecule has 0 saturated carbocycles. The lowest BCUT2D eigenvalue weighted by atomic mass is 10.0. The summed E-state index contributed by atoms with van der Waals surface area (Å²) < 4.78 is 23.0. The number of esters is 2. The molecule has 0 bridgehead atoms. The number of ether oxygens (including phenoxy) is 4. The molecule has 0 aliphatic carbocycles. The third-order valence-electron chi connectivity index (χ3n) is 17.1. The Bertz CT molecular complexity index is 1570. The van der Waals surface area contributed by atoms with Crippen LogP contribution in [0.1, 0.15) is 373 Å². The van der Waals surface area contributed by atoms with E-state index in [1.807, 2.05) is 21.1 Å². The van der Waals surface area contributed by atoms with E-state index in [0.29, 0.717) is 17.4 Å². The van der Waals surface area contributed by atoms with E-state index < -0.39 is 18.4 Å². The second-order valence-corrected chi connectivity index (χ2v) is 26.9. The first-order valence-electron chi connectivity index (χ1n) is 37.8. The smallest absolute Gasteiger partial charge is 0.361 e. The van der Waals surface area contributed by atoms with Gasteiger partial charge in [-0.15, -0.1) is 0 Å². The molecule has 87 heavy (non-hydrogen) atoms. The number of carboxylic acids is 1. The molecule has 0 aliphatic heterocycles. The maximum Gasteiger partial charge on any atom is 0.361 e. The number of hydrogen-bond donors (Lipinski definition) is 1. The van der Waals surface area contributed by atoms with Crippen molar-refractivity contribution in [1.82, 2.24) is 0 Å². The van der Waals surface area contributed by atoms with Crippen LogP contribution in [0, 0.1) is 0 Å². The van der Waals surface area contributed by atoms with Gasteiger partial charge in [0.1, 0.15) is 13.2 Å². The molecule has 0 aromatic heterocycles. The SMILES string of the molecule is CC/C=C\C/C=C\C/C=C\C/C=C\CCCCCCCCCCCCCCCCCCCCCCCCCCCCC(=O)OC(COC(=O)CCCCCCCCCCCCCCCCCCCCCCCCC)COC(OCC[N+](C)(C)C)C(=O)O. The summed E-state index contributed by atoms with van der Waals surface area (Å²) in [5.41, 5.74) is 0. The molecule has 2 atom stereocenters. The minimum absolute atomic E-state index is 0.175. The lowest BCUT2D eigenvalue weighted by Crippen LogP contribution is -2.40. The Balaban J connectivity index is 3.96. The lowest BCUT2D eigenvalue weighted by molar-refractivity contribution is -0.870. The molecule has 0 aromatic carbocycles. The average molecular weight is 1230 g/mol. The predicted octanol–water partition coefficient (Wildman–Crippen LogP) is 23.7. The topological polar surface area (TPSA) is 108 Å². The normalized spacial score (nSPS) is 12.9. The van der Waals surface area contributed by atoms with Crippen LogP contribution in [-0.4, -0.2) is 87.4 Å². The Hall–Kier alpha value is -2.75. The Morgan fingerprint density at radius 1 is 0.356 bits per heavy atom. The highest BCUT2D eigenvalue weighted by Gasteiger charge is 2.25. The monoisotopic (exact) mass is 1230 g/mol. The highest BCUT2D eigenvalue weighted by molar-refractivity contribution is 5.71. The molecule has 1 N–H and O–H groups in total. The number of allylic oxidation sites excluding steroid dienone is 8. The van der Waals surface area contributed by atoms with Crippen LogP contribution >= 0.6 is 0 Å². The van der Waals surface area contributed by atoms with Crippen molar-refractivity contribution < 1.29 is 42.9 Å². The van der Waals surface area contributed by atoms with Crippen LogP contribution in [0.15, 0.2) is 48.6 Å². The summed E-state index contributed by atoms with van der Waals surface area (Å²) in [6.45, 7) is 4.84. The fourth-order valence-electron chi connectivity index (χ4n) is 11.4. The molecule has 0 aliphatic rings. The van der Waals surface area contributed by atoms with E-state index in [9.17, 15) is 19.5 Å². The Labute approximate surface area is 540 Å². The van der Waals surface area contributed by atoms with Gasteiger partial charge in [0, 0.05) is 12.8 Å². The first-order chi connectivity index (χ1) is 42.6. The van der Waals surface area contributed by atoms with Crippen molar-refractivity contribution in [3.8, 4) is 0 Å². The van der Waals surface area contributed by atoms with Crippen LogP contribution in [0.4, 0.5) is 0 Å².